The van der Waals surface area contributed by atoms with Gasteiger partial charge in [0.25, 0.3) is 10.0 Å². The molecule has 4 rings (SSSR count). The van der Waals surface area contributed by atoms with Crippen molar-refractivity contribution in [1.29, 1.82) is 0 Å². The van der Waals surface area contributed by atoms with Crippen LogP contribution >= 0.6 is 0 Å². The average molecular weight is 467 g/mol. The van der Waals surface area contributed by atoms with Crippen LogP contribution in [0.2, 0.25) is 0 Å². The summed E-state index contributed by atoms with van der Waals surface area (Å²) in [6, 6.07) is 8.82. The third kappa shape index (κ3) is 4.54. The molecule has 0 aliphatic carbocycles. The van der Waals surface area contributed by atoms with E-state index in [2.05, 4.69) is 14.7 Å². The SMILES string of the molecule is O=C(CCN=C1NS(=O)(=O)c2ccccc21)N1CCN(c2ccc(C(F)(F)F)cn2)CC1. The molecule has 2 aliphatic heterocycles. The highest BCUT2D eigenvalue weighted by atomic mass is 32.2. The summed E-state index contributed by atoms with van der Waals surface area (Å²) in [5.74, 6) is 0.541. The van der Waals surface area contributed by atoms with Crippen LogP contribution in [0, 0.1) is 0 Å². The number of nitrogens with zero attached hydrogens (tertiary/aromatic N) is 4. The maximum atomic E-state index is 12.7. The first-order valence-corrected chi connectivity index (χ1v) is 11.4. The molecule has 2 aromatic rings. The Morgan fingerprint density at radius 1 is 1.09 bits per heavy atom. The van der Waals surface area contributed by atoms with Crippen molar-refractivity contribution < 1.29 is 26.4 Å². The number of rotatable bonds is 4. The zero-order valence-corrected chi connectivity index (χ0v) is 17.7. The minimum Gasteiger partial charge on any atom is -0.353 e. The molecule has 32 heavy (non-hydrogen) atoms. The normalized spacial score (nSPS) is 19.0. The van der Waals surface area contributed by atoms with Gasteiger partial charge in [-0.3, -0.25) is 14.5 Å². The highest BCUT2D eigenvalue weighted by Gasteiger charge is 2.32. The second kappa shape index (κ2) is 8.41. The number of amidine groups is 1. The fraction of sp³-hybridized carbons (Fsp3) is 0.350. The molecule has 8 nitrogen and oxygen atoms in total. The topological polar surface area (TPSA) is 95.0 Å². The molecule has 1 fully saturated rings. The molecule has 1 aromatic carbocycles. The third-order valence-corrected chi connectivity index (χ3v) is 6.69. The maximum absolute atomic E-state index is 12.7. The van der Waals surface area contributed by atoms with Gasteiger partial charge < -0.3 is 9.80 Å². The fourth-order valence-electron chi connectivity index (χ4n) is 3.60. The third-order valence-electron chi connectivity index (χ3n) is 5.29. The van der Waals surface area contributed by atoms with Crippen molar-refractivity contribution in [3.05, 3.63) is 53.7 Å². The number of aliphatic imine (C=N–C) groups is 1. The first-order valence-electron chi connectivity index (χ1n) is 9.88. The maximum Gasteiger partial charge on any atom is 0.417 e. The lowest BCUT2D eigenvalue weighted by Gasteiger charge is -2.35. The lowest BCUT2D eigenvalue weighted by molar-refractivity contribution is -0.137. The minimum absolute atomic E-state index is 0.117. The molecule has 0 saturated carbocycles. The van der Waals surface area contributed by atoms with Crippen LogP contribution in [-0.4, -0.2) is 62.8 Å². The van der Waals surface area contributed by atoms with Gasteiger partial charge in [-0.15, -0.1) is 0 Å². The molecule has 0 atom stereocenters. The highest BCUT2D eigenvalue weighted by molar-refractivity contribution is 7.90. The number of piperazine rings is 1. The van der Waals surface area contributed by atoms with E-state index in [1.807, 2.05) is 4.90 Å². The zero-order valence-electron chi connectivity index (χ0n) is 16.8. The van der Waals surface area contributed by atoms with E-state index < -0.39 is 21.8 Å². The van der Waals surface area contributed by atoms with E-state index in [1.165, 1.54) is 12.1 Å². The first-order chi connectivity index (χ1) is 15.1. The number of amides is 1. The number of aromatic nitrogens is 1. The van der Waals surface area contributed by atoms with Crippen LogP contribution in [0.5, 0.6) is 0 Å². The smallest absolute Gasteiger partial charge is 0.353 e. The van der Waals surface area contributed by atoms with Gasteiger partial charge in [-0.25, -0.2) is 13.4 Å². The second-order valence-electron chi connectivity index (χ2n) is 7.35. The summed E-state index contributed by atoms with van der Waals surface area (Å²) in [5.41, 5.74) is -0.318. The first kappa shape index (κ1) is 22.1. The van der Waals surface area contributed by atoms with E-state index in [-0.39, 0.29) is 29.6 Å². The fourth-order valence-corrected chi connectivity index (χ4v) is 4.85. The van der Waals surface area contributed by atoms with Crippen molar-refractivity contribution >= 4 is 27.6 Å². The molecule has 1 N–H and O–H groups in total. The van der Waals surface area contributed by atoms with Crippen molar-refractivity contribution in [3.8, 4) is 0 Å². The van der Waals surface area contributed by atoms with Gasteiger partial charge in [-0.2, -0.15) is 13.2 Å². The summed E-state index contributed by atoms with van der Waals surface area (Å²) in [4.78, 5) is 24.3. The van der Waals surface area contributed by atoms with Crippen LogP contribution < -0.4 is 9.62 Å². The number of carbonyl (C=O) groups is 1. The average Bonchev–Trinajstić information content (AvgIpc) is 3.03. The number of alkyl halides is 3. The van der Waals surface area contributed by atoms with Crippen LogP contribution in [0.1, 0.15) is 17.5 Å². The monoisotopic (exact) mass is 467 g/mol. The number of hydrogen-bond donors (Lipinski definition) is 1. The number of sulfonamides is 1. The number of carbonyl (C=O) groups excluding carboxylic acids is 1. The predicted molar refractivity (Wildman–Crippen MR) is 111 cm³/mol. The van der Waals surface area contributed by atoms with Gasteiger partial charge in [-0.1, -0.05) is 12.1 Å². The van der Waals surface area contributed by atoms with Crippen LogP contribution in [0.3, 0.4) is 0 Å². The zero-order chi connectivity index (χ0) is 22.9. The second-order valence-corrected chi connectivity index (χ2v) is 9.00. The number of pyridine rings is 1. The molecular formula is C20H20F3N5O3S. The molecule has 0 unspecified atom stereocenters. The largest absolute Gasteiger partial charge is 0.417 e. The quantitative estimate of drug-likeness (QED) is 0.741. The number of nitrogens with one attached hydrogen (secondary N) is 1. The standard InChI is InChI=1S/C20H20F3N5O3S/c21-20(22,23)14-5-6-17(25-13-14)27-9-11-28(12-10-27)18(29)7-8-24-19-15-3-1-2-4-16(15)32(30,31)26-19/h1-6,13H,7-12H2,(H,24,26). The molecule has 1 amide bonds. The lowest BCUT2D eigenvalue weighted by Crippen LogP contribution is -2.49. The predicted octanol–water partition coefficient (Wildman–Crippen LogP) is 1.88. The summed E-state index contributed by atoms with van der Waals surface area (Å²) < 4.78 is 64.6. The number of hydrogen-bond acceptors (Lipinski definition) is 6. The Labute approximate surface area is 182 Å². The van der Waals surface area contributed by atoms with Gasteiger partial charge in [0, 0.05) is 44.4 Å². The van der Waals surface area contributed by atoms with Gasteiger partial charge in [0.2, 0.25) is 5.91 Å². The molecule has 1 aromatic heterocycles. The summed E-state index contributed by atoms with van der Waals surface area (Å²) in [6.45, 7) is 1.85. The molecule has 0 bridgehead atoms. The Kier molecular flexibility index (Phi) is 5.80. The van der Waals surface area contributed by atoms with Gasteiger partial charge >= 0.3 is 6.18 Å². The Bertz CT molecular complexity index is 1140. The van der Waals surface area contributed by atoms with E-state index >= 15 is 0 Å². The molecule has 0 radical (unpaired) electrons. The van der Waals surface area contributed by atoms with Crippen molar-refractivity contribution in [2.75, 3.05) is 37.6 Å². The lowest BCUT2D eigenvalue weighted by atomic mass is 10.2. The summed E-state index contributed by atoms with van der Waals surface area (Å²) in [6.07, 6.45) is -3.51. The van der Waals surface area contributed by atoms with E-state index in [1.54, 1.807) is 23.1 Å². The van der Waals surface area contributed by atoms with Crippen molar-refractivity contribution in [3.63, 3.8) is 0 Å². The van der Waals surface area contributed by atoms with Crippen LogP contribution in [0.15, 0.2) is 52.5 Å². The summed E-state index contributed by atoms with van der Waals surface area (Å²) >= 11 is 0. The van der Waals surface area contributed by atoms with E-state index in [9.17, 15) is 26.4 Å². The van der Waals surface area contributed by atoms with Gasteiger partial charge in [0.1, 0.15) is 11.7 Å². The Morgan fingerprint density at radius 3 is 2.47 bits per heavy atom. The molecule has 12 heteroatoms. The molecular weight excluding hydrogens is 447 g/mol. The van der Waals surface area contributed by atoms with Gasteiger partial charge in [0.15, 0.2) is 0 Å². The van der Waals surface area contributed by atoms with Crippen LogP contribution in [0.4, 0.5) is 19.0 Å². The Morgan fingerprint density at radius 2 is 1.81 bits per heavy atom. The molecule has 3 heterocycles. The van der Waals surface area contributed by atoms with Crippen LogP contribution in [-0.2, 0) is 21.0 Å². The van der Waals surface area contributed by atoms with Crippen molar-refractivity contribution in [2.45, 2.75) is 17.5 Å². The molecule has 2 aliphatic rings. The van der Waals surface area contributed by atoms with E-state index in [0.29, 0.717) is 37.6 Å². The van der Waals surface area contributed by atoms with Gasteiger partial charge in [0.05, 0.1) is 17.0 Å². The minimum atomic E-state index is -4.43. The van der Waals surface area contributed by atoms with E-state index in [4.69, 9.17) is 0 Å². The number of benzene rings is 1. The van der Waals surface area contributed by atoms with Crippen molar-refractivity contribution in [2.24, 2.45) is 4.99 Å². The summed E-state index contributed by atoms with van der Waals surface area (Å²) in [5, 5.41) is 0. The van der Waals surface area contributed by atoms with E-state index in [0.717, 1.165) is 12.3 Å². The molecule has 170 valence electrons. The van der Waals surface area contributed by atoms with Gasteiger partial charge in [-0.05, 0) is 24.3 Å². The Balaban J connectivity index is 1.30. The number of anilines is 1. The Hall–Kier alpha value is -3.15. The summed E-state index contributed by atoms with van der Waals surface area (Å²) in [7, 11) is -3.62. The molecule has 0 spiro atoms. The van der Waals surface area contributed by atoms with Crippen LogP contribution in [0.25, 0.3) is 0 Å². The number of halogens is 3. The molecule has 1 saturated heterocycles. The van der Waals surface area contributed by atoms with Crippen molar-refractivity contribution in [1.82, 2.24) is 14.6 Å². The highest BCUT2D eigenvalue weighted by Crippen LogP contribution is 2.29. The number of fused-ring (bicyclic) bond motifs is 1.